The number of hydrogen-bond donors (Lipinski definition) is 0. The topological polar surface area (TPSA) is 121 Å². The third-order valence-electron chi connectivity index (χ3n) is 7.14. The highest BCUT2D eigenvalue weighted by atomic mass is 35.5. The van der Waals surface area contributed by atoms with Crippen molar-refractivity contribution in [3.8, 4) is 0 Å². The first-order valence-electron chi connectivity index (χ1n) is 13.7. The Morgan fingerprint density at radius 3 is 1.88 bits per heavy atom. The molecule has 0 aromatic heterocycles. The summed E-state index contributed by atoms with van der Waals surface area (Å²) < 4.78 is 57.5. The van der Waals surface area contributed by atoms with Crippen molar-refractivity contribution in [1.82, 2.24) is 13.5 Å². The van der Waals surface area contributed by atoms with Crippen LogP contribution in [0.3, 0.4) is 0 Å². The van der Waals surface area contributed by atoms with E-state index in [1.54, 1.807) is 24.3 Å². The van der Waals surface area contributed by atoms with Gasteiger partial charge in [-0.05, 0) is 62.2 Å². The van der Waals surface area contributed by atoms with Crippen LogP contribution < -0.4 is 0 Å². The van der Waals surface area contributed by atoms with Gasteiger partial charge in [0.15, 0.2) is 0 Å². The number of hydrogen-bond acceptors (Lipinski definition) is 7. The zero-order chi connectivity index (χ0) is 30.3. The molecule has 13 heteroatoms. The van der Waals surface area contributed by atoms with Crippen LogP contribution in [0.15, 0.2) is 101 Å². The van der Waals surface area contributed by atoms with Crippen LogP contribution in [0.25, 0.3) is 0 Å². The first-order valence-corrected chi connectivity index (χ1v) is 16.6. The Morgan fingerprint density at radius 2 is 1.33 bits per heavy atom. The van der Waals surface area contributed by atoms with Crippen LogP contribution in [-0.2, 0) is 26.6 Å². The summed E-state index contributed by atoms with van der Waals surface area (Å²) >= 11 is 0. The van der Waals surface area contributed by atoms with E-state index in [-0.39, 0.29) is 54.1 Å². The summed E-state index contributed by atoms with van der Waals surface area (Å²) in [5, 5.41) is 11.3. The smallest absolute Gasteiger partial charge is 0.270 e. The Kier molecular flexibility index (Phi) is 12.0. The molecular formula is C30H37ClN4O6S2. The summed E-state index contributed by atoms with van der Waals surface area (Å²) in [4.78, 5) is 12.9. The van der Waals surface area contributed by atoms with Crippen molar-refractivity contribution in [2.75, 3.05) is 39.3 Å². The zero-order valence-corrected chi connectivity index (χ0v) is 26.5. The number of rotatable bonds is 7. The monoisotopic (exact) mass is 648 g/mol. The van der Waals surface area contributed by atoms with Crippen molar-refractivity contribution in [2.24, 2.45) is 0 Å². The van der Waals surface area contributed by atoms with Crippen LogP contribution >= 0.6 is 12.4 Å². The van der Waals surface area contributed by atoms with Gasteiger partial charge in [0.05, 0.1) is 14.7 Å². The average Bonchev–Trinajstić information content (AvgIpc) is 2.96. The highest BCUT2D eigenvalue weighted by Crippen LogP contribution is 2.24. The SMILES string of the molecule is C=C1CN(S(=O)(=O)c2ccc(C)cc2)CCCN(Cc2ccccc2)CCCN(S(=O)(=O)c2cccc([N+](=O)[O-])c2)C1.Cl. The van der Waals surface area contributed by atoms with Crippen molar-refractivity contribution >= 4 is 38.1 Å². The van der Waals surface area contributed by atoms with Crippen LogP contribution in [0.2, 0.25) is 0 Å². The van der Waals surface area contributed by atoms with Gasteiger partial charge < -0.3 is 0 Å². The highest BCUT2D eigenvalue weighted by Gasteiger charge is 2.30. The molecule has 1 fully saturated rings. The Labute approximate surface area is 260 Å². The number of nitro groups is 1. The molecule has 1 aliphatic heterocycles. The summed E-state index contributed by atoms with van der Waals surface area (Å²) in [7, 11) is -8.03. The van der Waals surface area contributed by atoms with Crippen molar-refractivity contribution < 1.29 is 21.8 Å². The molecule has 0 bridgehead atoms. The molecule has 43 heavy (non-hydrogen) atoms. The lowest BCUT2D eigenvalue weighted by Crippen LogP contribution is -2.41. The first kappa shape index (κ1) is 34.4. The standard InChI is InChI=1S/C30H36N4O6S2.ClH/c1-25-13-15-29(16-14-25)41(37,38)32-19-7-17-31(24-27-9-4-3-5-10-27)18-8-20-33(23-26(2)22-32)42(39,40)30-12-6-11-28(21-30)34(35)36;/h3-6,9-16,21H,2,7-8,17-20,22-24H2,1H3;1H. The van der Waals surface area contributed by atoms with E-state index in [4.69, 9.17) is 0 Å². The maximum atomic E-state index is 13.7. The molecule has 3 aromatic rings. The van der Waals surface area contributed by atoms with E-state index < -0.39 is 25.0 Å². The van der Waals surface area contributed by atoms with E-state index in [9.17, 15) is 26.9 Å². The predicted molar refractivity (Wildman–Crippen MR) is 169 cm³/mol. The lowest BCUT2D eigenvalue weighted by atomic mass is 10.2. The molecule has 4 rings (SSSR count). The maximum Gasteiger partial charge on any atom is 0.270 e. The first-order chi connectivity index (χ1) is 20.0. The number of halogens is 1. The van der Waals surface area contributed by atoms with Crippen LogP contribution in [0.4, 0.5) is 5.69 Å². The van der Waals surface area contributed by atoms with Crippen LogP contribution in [0.5, 0.6) is 0 Å². The van der Waals surface area contributed by atoms with E-state index in [0.29, 0.717) is 38.0 Å². The third kappa shape index (κ3) is 8.94. The summed E-state index contributed by atoms with van der Waals surface area (Å²) in [6.07, 6.45) is 1.10. The number of nitro benzene ring substituents is 1. The number of benzene rings is 3. The van der Waals surface area contributed by atoms with Crippen molar-refractivity contribution in [2.45, 2.75) is 36.1 Å². The van der Waals surface area contributed by atoms with Gasteiger partial charge in [0.25, 0.3) is 5.69 Å². The van der Waals surface area contributed by atoms with Gasteiger partial charge in [-0.2, -0.15) is 8.61 Å². The molecule has 0 amide bonds. The van der Waals surface area contributed by atoms with Gasteiger partial charge >= 0.3 is 0 Å². The molecule has 0 aliphatic carbocycles. The molecular weight excluding hydrogens is 612 g/mol. The Hall–Kier alpha value is -3.13. The normalized spacial score (nSPS) is 16.9. The third-order valence-corrected chi connectivity index (χ3v) is 10.8. The quantitative estimate of drug-likeness (QED) is 0.204. The highest BCUT2D eigenvalue weighted by molar-refractivity contribution is 7.89. The Morgan fingerprint density at radius 1 is 0.767 bits per heavy atom. The number of nitrogens with zero attached hydrogens (tertiary/aromatic N) is 4. The van der Waals surface area contributed by atoms with Gasteiger partial charge in [0.2, 0.25) is 20.0 Å². The molecule has 10 nitrogen and oxygen atoms in total. The number of aryl methyl sites for hydroxylation is 1. The van der Waals surface area contributed by atoms with Crippen LogP contribution in [0.1, 0.15) is 24.0 Å². The molecule has 1 aliphatic rings. The molecule has 0 saturated carbocycles. The van der Waals surface area contributed by atoms with Gasteiger partial charge in [-0.15, -0.1) is 12.4 Å². The predicted octanol–water partition coefficient (Wildman–Crippen LogP) is 4.86. The summed E-state index contributed by atoms with van der Waals surface area (Å²) in [6, 6.07) is 21.5. The average molecular weight is 649 g/mol. The van der Waals surface area contributed by atoms with Gasteiger partial charge in [-0.1, -0.05) is 60.7 Å². The van der Waals surface area contributed by atoms with Gasteiger partial charge in [0, 0.05) is 44.9 Å². The van der Waals surface area contributed by atoms with E-state index in [1.165, 1.54) is 26.8 Å². The summed E-state index contributed by atoms with van der Waals surface area (Å²) in [5.74, 6) is 0. The number of sulfonamides is 2. The zero-order valence-electron chi connectivity index (χ0n) is 24.0. The Bertz CT molecular complexity index is 1620. The second-order valence-electron chi connectivity index (χ2n) is 10.5. The lowest BCUT2D eigenvalue weighted by molar-refractivity contribution is -0.385. The fourth-order valence-corrected chi connectivity index (χ4v) is 7.98. The maximum absolute atomic E-state index is 13.7. The fraction of sp³-hybridized carbons (Fsp3) is 0.333. The minimum atomic E-state index is -4.14. The second-order valence-corrected chi connectivity index (χ2v) is 14.3. The number of non-ortho nitro benzene ring substituents is 1. The minimum Gasteiger partial charge on any atom is -0.299 e. The van der Waals surface area contributed by atoms with Crippen molar-refractivity contribution in [3.05, 3.63) is 112 Å². The van der Waals surface area contributed by atoms with E-state index >= 15 is 0 Å². The Balaban J connectivity index is 0.00000506. The van der Waals surface area contributed by atoms with E-state index in [2.05, 4.69) is 11.5 Å². The van der Waals surface area contributed by atoms with E-state index in [1.807, 2.05) is 37.3 Å². The van der Waals surface area contributed by atoms with Crippen LogP contribution in [0, 0.1) is 17.0 Å². The lowest BCUT2D eigenvalue weighted by Gasteiger charge is -2.30. The molecule has 0 N–H and O–H groups in total. The molecule has 3 aromatic carbocycles. The minimum absolute atomic E-state index is 0. The molecule has 232 valence electrons. The van der Waals surface area contributed by atoms with Gasteiger partial charge in [-0.3, -0.25) is 15.0 Å². The molecule has 0 radical (unpaired) electrons. The van der Waals surface area contributed by atoms with Crippen molar-refractivity contribution in [3.63, 3.8) is 0 Å². The van der Waals surface area contributed by atoms with Crippen LogP contribution in [-0.4, -0.2) is 74.5 Å². The fourth-order valence-electron chi connectivity index (χ4n) is 4.94. The van der Waals surface area contributed by atoms with Gasteiger partial charge in [0.1, 0.15) is 0 Å². The van der Waals surface area contributed by atoms with Crippen molar-refractivity contribution in [1.29, 1.82) is 0 Å². The summed E-state index contributed by atoms with van der Waals surface area (Å²) in [5.41, 5.74) is 2.11. The van der Waals surface area contributed by atoms with Gasteiger partial charge in [-0.25, -0.2) is 16.8 Å². The van der Waals surface area contributed by atoms with E-state index in [0.717, 1.165) is 17.2 Å². The molecule has 1 saturated heterocycles. The molecule has 1 heterocycles. The summed E-state index contributed by atoms with van der Waals surface area (Å²) in [6.45, 7) is 7.95. The second kappa shape index (κ2) is 15.0. The molecule has 0 atom stereocenters. The molecule has 0 unspecified atom stereocenters. The largest absolute Gasteiger partial charge is 0.299 e. The molecule has 0 spiro atoms.